The number of urea groups is 1. The van der Waals surface area contributed by atoms with Crippen LogP contribution in [0.25, 0.3) is 0 Å². The van der Waals surface area contributed by atoms with E-state index in [1.54, 1.807) is 18.9 Å². The standard InChI is InChI=1S/C15H22N2O3/c1-5-17(13-8-6-7-11(2)9-13)15(20)16(4)10-12(3)14(18)19/h6-9,12H,5,10H2,1-4H3,(H,18,19). The van der Waals surface area contributed by atoms with Crippen molar-refractivity contribution in [1.29, 1.82) is 0 Å². The second-order valence-electron chi connectivity index (χ2n) is 4.99. The van der Waals surface area contributed by atoms with E-state index >= 15 is 0 Å². The van der Waals surface area contributed by atoms with Crippen molar-refractivity contribution in [1.82, 2.24) is 4.90 Å². The van der Waals surface area contributed by atoms with Gasteiger partial charge in [0.25, 0.3) is 0 Å². The first-order valence-corrected chi connectivity index (χ1v) is 6.69. The van der Waals surface area contributed by atoms with Crippen LogP contribution in [0.1, 0.15) is 19.4 Å². The lowest BCUT2D eigenvalue weighted by molar-refractivity contribution is -0.141. The molecule has 1 rings (SSSR count). The third-order valence-corrected chi connectivity index (χ3v) is 3.16. The van der Waals surface area contributed by atoms with Crippen molar-refractivity contribution in [3.8, 4) is 0 Å². The maximum Gasteiger partial charge on any atom is 0.324 e. The second-order valence-corrected chi connectivity index (χ2v) is 4.99. The van der Waals surface area contributed by atoms with E-state index in [4.69, 9.17) is 5.11 Å². The molecule has 1 atom stereocenters. The number of carboxylic acid groups (broad SMARTS) is 1. The maximum absolute atomic E-state index is 12.4. The zero-order valence-electron chi connectivity index (χ0n) is 12.5. The van der Waals surface area contributed by atoms with Crippen LogP contribution in [0.2, 0.25) is 0 Å². The molecule has 0 aromatic heterocycles. The van der Waals surface area contributed by atoms with Gasteiger partial charge in [-0.3, -0.25) is 9.69 Å². The number of nitrogens with zero attached hydrogens (tertiary/aromatic N) is 2. The molecule has 0 aliphatic rings. The summed E-state index contributed by atoms with van der Waals surface area (Å²) >= 11 is 0. The SMILES string of the molecule is CCN(C(=O)N(C)CC(C)C(=O)O)c1cccc(C)c1. The van der Waals surface area contributed by atoms with Crippen LogP contribution in [0, 0.1) is 12.8 Å². The molecule has 1 unspecified atom stereocenters. The Morgan fingerprint density at radius 2 is 2.00 bits per heavy atom. The Hall–Kier alpha value is -2.04. The Balaban J connectivity index is 2.84. The molecular formula is C15H22N2O3. The van der Waals surface area contributed by atoms with Gasteiger partial charge in [-0.1, -0.05) is 19.1 Å². The van der Waals surface area contributed by atoms with E-state index < -0.39 is 11.9 Å². The molecule has 2 amide bonds. The predicted octanol–water partition coefficient (Wildman–Crippen LogP) is 2.59. The molecule has 1 aromatic carbocycles. The van der Waals surface area contributed by atoms with Gasteiger partial charge in [-0.25, -0.2) is 4.79 Å². The maximum atomic E-state index is 12.4. The van der Waals surface area contributed by atoms with E-state index in [0.29, 0.717) is 6.54 Å². The van der Waals surface area contributed by atoms with Gasteiger partial charge >= 0.3 is 12.0 Å². The van der Waals surface area contributed by atoms with Crippen LogP contribution in [0.15, 0.2) is 24.3 Å². The number of benzene rings is 1. The summed E-state index contributed by atoms with van der Waals surface area (Å²) < 4.78 is 0. The minimum Gasteiger partial charge on any atom is -0.481 e. The van der Waals surface area contributed by atoms with Gasteiger partial charge in [0.15, 0.2) is 0 Å². The number of aryl methyl sites for hydroxylation is 1. The van der Waals surface area contributed by atoms with Gasteiger partial charge in [-0.05, 0) is 31.5 Å². The molecule has 5 nitrogen and oxygen atoms in total. The highest BCUT2D eigenvalue weighted by Crippen LogP contribution is 2.17. The molecule has 0 heterocycles. The number of rotatable bonds is 5. The highest BCUT2D eigenvalue weighted by Gasteiger charge is 2.22. The highest BCUT2D eigenvalue weighted by molar-refractivity contribution is 5.92. The summed E-state index contributed by atoms with van der Waals surface area (Å²) in [5.41, 5.74) is 1.91. The highest BCUT2D eigenvalue weighted by atomic mass is 16.4. The van der Waals surface area contributed by atoms with Gasteiger partial charge < -0.3 is 10.0 Å². The zero-order chi connectivity index (χ0) is 15.3. The number of carbonyl (C=O) groups is 2. The monoisotopic (exact) mass is 278 g/mol. The molecule has 5 heteroatoms. The third-order valence-electron chi connectivity index (χ3n) is 3.16. The number of hydrogen-bond donors (Lipinski definition) is 1. The van der Waals surface area contributed by atoms with Gasteiger partial charge in [-0.15, -0.1) is 0 Å². The number of carboxylic acids is 1. The molecule has 110 valence electrons. The molecule has 0 aliphatic heterocycles. The summed E-state index contributed by atoms with van der Waals surface area (Å²) in [5.74, 6) is -1.48. The van der Waals surface area contributed by atoms with Gasteiger partial charge in [0.2, 0.25) is 0 Å². The van der Waals surface area contributed by atoms with Crippen molar-refractivity contribution in [3.05, 3.63) is 29.8 Å². The first-order valence-electron chi connectivity index (χ1n) is 6.69. The molecule has 1 aromatic rings. The Bertz CT molecular complexity index is 488. The van der Waals surface area contributed by atoms with Crippen molar-refractivity contribution in [3.63, 3.8) is 0 Å². The number of carbonyl (C=O) groups excluding carboxylic acids is 1. The lowest BCUT2D eigenvalue weighted by Crippen LogP contribution is -2.43. The van der Waals surface area contributed by atoms with E-state index in [9.17, 15) is 9.59 Å². The summed E-state index contributed by atoms with van der Waals surface area (Å²) in [4.78, 5) is 26.4. The van der Waals surface area contributed by atoms with Crippen LogP contribution in [0.4, 0.5) is 10.5 Å². The van der Waals surface area contributed by atoms with Gasteiger partial charge in [0.05, 0.1) is 5.92 Å². The van der Waals surface area contributed by atoms with Crippen LogP contribution in [-0.4, -0.2) is 42.1 Å². The minimum absolute atomic E-state index is 0.189. The number of anilines is 1. The quantitative estimate of drug-likeness (QED) is 0.900. The Kier molecular flexibility index (Phi) is 5.55. The van der Waals surface area contributed by atoms with Crippen molar-refractivity contribution >= 4 is 17.7 Å². The topological polar surface area (TPSA) is 60.9 Å². The summed E-state index contributed by atoms with van der Waals surface area (Å²) in [6.45, 7) is 6.19. The Labute approximate surface area is 119 Å². The average Bonchev–Trinajstić information content (AvgIpc) is 2.39. The van der Waals surface area contributed by atoms with Crippen molar-refractivity contribution < 1.29 is 14.7 Å². The lowest BCUT2D eigenvalue weighted by atomic mass is 10.2. The number of hydrogen-bond acceptors (Lipinski definition) is 2. The fourth-order valence-corrected chi connectivity index (χ4v) is 2.00. The van der Waals surface area contributed by atoms with Crippen molar-refractivity contribution in [2.24, 2.45) is 5.92 Å². The first kappa shape index (κ1) is 16.0. The van der Waals surface area contributed by atoms with Crippen LogP contribution >= 0.6 is 0 Å². The van der Waals surface area contributed by atoms with Crippen LogP contribution in [-0.2, 0) is 4.79 Å². The van der Waals surface area contributed by atoms with E-state index in [1.807, 2.05) is 38.1 Å². The smallest absolute Gasteiger partial charge is 0.324 e. The first-order chi connectivity index (χ1) is 9.36. The molecule has 0 bridgehead atoms. The fraction of sp³-hybridized carbons (Fsp3) is 0.467. The molecular weight excluding hydrogens is 256 g/mol. The van der Waals surface area contributed by atoms with Gasteiger partial charge in [-0.2, -0.15) is 0 Å². The van der Waals surface area contributed by atoms with E-state index in [0.717, 1.165) is 11.3 Å². The van der Waals surface area contributed by atoms with Crippen molar-refractivity contribution in [2.45, 2.75) is 20.8 Å². The second kappa shape index (κ2) is 6.93. The van der Waals surface area contributed by atoms with Crippen LogP contribution in [0.3, 0.4) is 0 Å². The summed E-state index contributed by atoms with van der Waals surface area (Å²) in [5, 5.41) is 8.91. The third kappa shape index (κ3) is 3.98. The Morgan fingerprint density at radius 3 is 2.50 bits per heavy atom. The molecule has 1 N–H and O–H groups in total. The predicted molar refractivity (Wildman–Crippen MR) is 79.0 cm³/mol. The van der Waals surface area contributed by atoms with E-state index in [1.165, 1.54) is 4.90 Å². The van der Waals surface area contributed by atoms with Gasteiger partial charge in [0, 0.05) is 25.8 Å². The molecule has 0 saturated carbocycles. The van der Waals surface area contributed by atoms with Gasteiger partial charge in [0.1, 0.15) is 0 Å². The molecule has 0 spiro atoms. The largest absolute Gasteiger partial charge is 0.481 e. The normalized spacial score (nSPS) is 11.8. The summed E-state index contributed by atoms with van der Waals surface area (Å²) in [6, 6.07) is 7.50. The zero-order valence-corrected chi connectivity index (χ0v) is 12.5. The number of amides is 2. The molecule has 0 aliphatic carbocycles. The van der Waals surface area contributed by atoms with E-state index in [2.05, 4.69) is 0 Å². The lowest BCUT2D eigenvalue weighted by Gasteiger charge is -2.28. The van der Waals surface area contributed by atoms with Crippen LogP contribution < -0.4 is 4.90 Å². The van der Waals surface area contributed by atoms with Crippen LogP contribution in [0.5, 0.6) is 0 Å². The average molecular weight is 278 g/mol. The Morgan fingerprint density at radius 1 is 1.35 bits per heavy atom. The minimum atomic E-state index is -0.900. The van der Waals surface area contributed by atoms with Crippen molar-refractivity contribution in [2.75, 3.05) is 25.0 Å². The molecule has 20 heavy (non-hydrogen) atoms. The molecule has 0 radical (unpaired) electrons. The summed E-state index contributed by atoms with van der Waals surface area (Å²) in [7, 11) is 1.63. The number of aliphatic carboxylic acids is 1. The molecule has 0 fully saturated rings. The van der Waals surface area contributed by atoms with E-state index in [-0.39, 0.29) is 12.6 Å². The summed E-state index contributed by atoms with van der Waals surface area (Å²) in [6.07, 6.45) is 0. The fourth-order valence-electron chi connectivity index (χ4n) is 2.00. The molecule has 0 saturated heterocycles.